The van der Waals surface area contributed by atoms with Crippen LogP contribution < -0.4 is 14.4 Å². The number of amides is 1. The highest BCUT2D eigenvalue weighted by Gasteiger charge is 2.23. The van der Waals surface area contributed by atoms with Gasteiger partial charge in [0.2, 0.25) is 5.91 Å². The first-order chi connectivity index (χ1) is 13.1. The van der Waals surface area contributed by atoms with Crippen LogP contribution in [0.5, 0.6) is 11.5 Å². The van der Waals surface area contributed by atoms with Gasteiger partial charge in [0.1, 0.15) is 13.2 Å². The van der Waals surface area contributed by atoms with Gasteiger partial charge in [0.25, 0.3) is 0 Å². The zero-order valence-electron chi connectivity index (χ0n) is 15.5. The van der Waals surface area contributed by atoms with Crippen LogP contribution in [0.2, 0.25) is 0 Å². The van der Waals surface area contributed by atoms with Gasteiger partial charge in [-0.3, -0.25) is 9.59 Å². The van der Waals surface area contributed by atoms with Gasteiger partial charge >= 0.3 is 0 Å². The summed E-state index contributed by atoms with van der Waals surface area (Å²) < 4.78 is 11.0. The number of aryl methyl sites for hydroxylation is 2. The van der Waals surface area contributed by atoms with E-state index in [4.69, 9.17) is 9.47 Å². The van der Waals surface area contributed by atoms with Gasteiger partial charge in [-0.1, -0.05) is 17.7 Å². The molecule has 0 fully saturated rings. The molecule has 0 N–H and O–H groups in total. The molecule has 140 valence electrons. The summed E-state index contributed by atoms with van der Waals surface area (Å²) in [5, 5.41) is 0. The highest BCUT2D eigenvalue weighted by molar-refractivity contribution is 6.01. The van der Waals surface area contributed by atoms with Gasteiger partial charge in [0, 0.05) is 30.6 Å². The Bertz CT molecular complexity index is 890. The summed E-state index contributed by atoms with van der Waals surface area (Å²) in [6.45, 7) is 3.78. The van der Waals surface area contributed by atoms with Crippen LogP contribution in [0.3, 0.4) is 0 Å². The summed E-state index contributed by atoms with van der Waals surface area (Å²) in [4.78, 5) is 27.1. The van der Waals surface area contributed by atoms with Gasteiger partial charge in [0.15, 0.2) is 17.3 Å². The number of nitrogens with zero attached hydrogens (tertiary/aromatic N) is 1. The average Bonchev–Trinajstić information content (AvgIpc) is 2.70. The predicted molar refractivity (Wildman–Crippen MR) is 103 cm³/mol. The fourth-order valence-corrected chi connectivity index (χ4v) is 3.70. The number of carbonyl (C=O) groups is 2. The first kappa shape index (κ1) is 17.6. The maximum Gasteiger partial charge on any atom is 0.227 e. The number of hydrogen-bond donors (Lipinski definition) is 0. The first-order valence-corrected chi connectivity index (χ1v) is 9.44. The van der Waals surface area contributed by atoms with Crippen molar-refractivity contribution in [2.45, 2.75) is 32.6 Å². The normalized spacial score (nSPS) is 15.2. The van der Waals surface area contributed by atoms with Crippen LogP contribution in [-0.4, -0.2) is 31.4 Å². The minimum absolute atomic E-state index is 0.00527. The zero-order valence-corrected chi connectivity index (χ0v) is 15.5. The largest absolute Gasteiger partial charge is 0.486 e. The Morgan fingerprint density at radius 2 is 1.81 bits per heavy atom. The molecule has 2 aliphatic rings. The Labute approximate surface area is 158 Å². The van der Waals surface area contributed by atoms with Crippen molar-refractivity contribution in [3.63, 3.8) is 0 Å². The quantitative estimate of drug-likeness (QED) is 0.775. The molecule has 0 atom stereocenters. The molecule has 2 aliphatic heterocycles. The van der Waals surface area contributed by atoms with Crippen molar-refractivity contribution in [3.8, 4) is 11.5 Å². The van der Waals surface area contributed by atoms with Crippen molar-refractivity contribution in [1.29, 1.82) is 0 Å². The molecule has 4 rings (SSSR count). The summed E-state index contributed by atoms with van der Waals surface area (Å²) in [7, 11) is 0. The standard InChI is InChI=1S/C22H23NO4/c1-15-4-6-18-16(13-15)3-2-10-23(18)22(25)9-7-19(24)17-5-8-20-21(14-17)27-12-11-26-20/h4-6,8,13-14H,2-3,7,9-12H2,1H3. The maximum absolute atomic E-state index is 12.7. The van der Waals surface area contributed by atoms with Gasteiger partial charge in [0.05, 0.1) is 0 Å². The van der Waals surface area contributed by atoms with E-state index in [0.717, 1.165) is 18.5 Å². The molecule has 27 heavy (non-hydrogen) atoms. The van der Waals surface area contributed by atoms with Gasteiger partial charge in [-0.2, -0.15) is 0 Å². The molecule has 0 saturated heterocycles. The molecule has 0 radical (unpaired) electrons. The molecule has 1 amide bonds. The summed E-state index contributed by atoms with van der Waals surface area (Å²) in [5.74, 6) is 1.21. The first-order valence-electron chi connectivity index (χ1n) is 9.44. The van der Waals surface area contributed by atoms with Gasteiger partial charge in [-0.15, -0.1) is 0 Å². The number of anilines is 1. The second kappa shape index (κ2) is 7.43. The molecule has 5 heteroatoms. The third-order valence-corrected chi connectivity index (χ3v) is 5.08. The van der Waals surface area contributed by atoms with Crippen LogP contribution in [0.25, 0.3) is 0 Å². The predicted octanol–water partition coefficient (Wildman–Crippen LogP) is 3.71. The van der Waals surface area contributed by atoms with Crippen LogP contribution in [0.1, 0.15) is 40.7 Å². The lowest BCUT2D eigenvalue weighted by Gasteiger charge is -2.30. The summed E-state index contributed by atoms with van der Waals surface area (Å²) in [5.41, 5.74) is 3.97. The summed E-state index contributed by atoms with van der Waals surface area (Å²) in [6.07, 6.45) is 2.35. The minimum Gasteiger partial charge on any atom is -0.486 e. The number of fused-ring (bicyclic) bond motifs is 2. The lowest BCUT2D eigenvalue weighted by molar-refractivity contribution is -0.118. The number of rotatable bonds is 4. The second-order valence-corrected chi connectivity index (χ2v) is 7.06. The number of ketones is 1. The van der Waals surface area contributed by atoms with E-state index in [-0.39, 0.29) is 24.5 Å². The van der Waals surface area contributed by atoms with Gasteiger partial charge in [-0.25, -0.2) is 0 Å². The van der Waals surface area contributed by atoms with Crippen molar-refractivity contribution < 1.29 is 19.1 Å². The van der Waals surface area contributed by atoms with Crippen LogP contribution in [0, 0.1) is 6.92 Å². The van der Waals surface area contributed by atoms with E-state index in [1.807, 2.05) is 17.0 Å². The van der Waals surface area contributed by atoms with E-state index >= 15 is 0 Å². The molecular formula is C22H23NO4. The zero-order chi connectivity index (χ0) is 18.8. The van der Waals surface area contributed by atoms with E-state index < -0.39 is 0 Å². The molecule has 0 bridgehead atoms. The third kappa shape index (κ3) is 3.68. The van der Waals surface area contributed by atoms with E-state index in [0.29, 0.717) is 36.8 Å². The molecule has 5 nitrogen and oxygen atoms in total. The van der Waals surface area contributed by atoms with E-state index in [9.17, 15) is 9.59 Å². The van der Waals surface area contributed by atoms with E-state index in [1.54, 1.807) is 18.2 Å². The van der Waals surface area contributed by atoms with E-state index in [2.05, 4.69) is 13.0 Å². The monoisotopic (exact) mass is 365 g/mol. The molecule has 2 aromatic carbocycles. The van der Waals surface area contributed by atoms with Gasteiger partial charge in [-0.05, 0) is 49.6 Å². The Morgan fingerprint density at radius 1 is 1.00 bits per heavy atom. The fourth-order valence-electron chi connectivity index (χ4n) is 3.70. The van der Waals surface area contributed by atoms with Crippen LogP contribution in [0.4, 0.5) is 5.69 Å². The Hall–Kier alpha value is -2.82. The van der Waals surface area contributed by atoms with Crippen molar-refractivity contribution in [2.75, 3.05) is 24.7 Å². The molecule has 2 heterocycles. The van der Waals surface area contributed by atoms with Gasteiger partial charge < -0.3 is 14.4 Å². The SMILES string of the molecule is Cc1ccc2c(c1)CCCN2C(=O)CCC(=O)c1ccc2c(c1)OCCO2. The summed E-state index contributed by atoms with van der Waals surface area (Å²) in [6, 6.07) is 11.4. The Balaban J connectivity index is 1.42. The number of ether oxygens (including phenoxy) is 2. The number of benzene rings is 2. The molecule has 0 spiro atoms. The maximum atomic E-state index is 12.7. The lowest BCUT2D eigenvalue weighted by Crippen LogP contribution is -2.35. The summed E-state index contributed by atoms with van der Waals surface area (Å²) >= 11 is 0. The molecule has 2 aromatic rings. The number of Topliss-reactive ketones (excluding diaryl/α,β-unsaturated/α-hetero) is 1. The number of hydrogen-bond acceptors (Lipinski definition) is 4. The van der Waals surface area contributed by atoms with Crippen molar-refractivity contribution >= 4 is 17.4 Å². The van der Waals surface area contributed by atoms with Crippen LogP contribution in [-0.2, 0) is 11.2 Å². The molecule has 0 aliphatic carbocycles. The smallest absolute Gasteiger partial charge is 0.227 e. The van der Waals surface area contributed by atoms with Crippen molar-refractivity contribution in [3.05, 3.63) is 53.1 Å². The second-order valence-electron chi connectivity index (χ2n) is 7.06. The van der Waals surface area contributed by atoms with Crippen LogP contribution in [0.15, 0.2) is 36.4 Å². The van der Waals surface area contributed by atoms with Crippen molar-refractivity contribution in [2.24, 2.45) is 0 Å². The van der Waals surface area contributed by atoms with Crippen molar-refractivity contribution in [1.82, 2.24) is 0 Å². The van der Waals surface area contributed by atoms with E-state index in [1.165, 1.54) is 11.1 Å². The highest BCUT2D eigenvalue weighted by atomic mass is 16.6. The molecule has 0 unspecified atom stereocenters. The Morgan fingerprint density at radius 3 is 2.67 bits per heavy atom. The average molecular weight is 365 g/mol. The highest BCUT2D eigenvalue weighted by Crippen LogP contribution is 2.32. The number of carbonyl (C=O) groups excluding carboxylic acids is 2. The third-order valence-electron chi connectivity index (χ3n) is 5.08. The topological polar surface area (TPSA) is 55.8 Å². The minimum atomic E-state index is -0.0542. The fraction of sp³-hybridized carbons (Fsp3) is 0.364. The van der Waals surface area contributed by atoms with Crippen LogP contribution >= 0.6 is 0 Å². The molecular weight excluding hydrogens is 342 g/mol. The molecule has 0 aromatic heterocycles. The lowest BCUT2D eigenvalue weighted by atomic mass is 9.98. The molecule has 0 saturated carbocycles. The Kier molecular flexibility index (Phi) is 4.84.